The lowest BCUT2D eigenvalue weighted by Gasteiger charge is -2.06. The number of benzene rings is 1. The van der Waals surface area contributed by atoms with Crippen molar-refractivity contribution in [1.29, 1.82) is 5.26 Å². The zero-order chi connectivity index (χ0) is 16.1. The van der Waals surface area contributed by atoms with Crippen molar-refractivity contribution in [2.45, 2.75) is 12.8 Å². The number of nitrogens with zero attached hydrogens (tertiary/aromatic N) is 3. The molecule has 7 heteroatoms. The number of aromatic nitrogens is 2. The molecule has 0 spiro atoms. The summed E-state index contributed by atoms with van der Waals surface area (Å²) in [5.41, 5.74) is 0.605. The summed E-state index contributed by atoms with van der Waals surface area (Å²) in [6.45, 7) is 0. The second-order valence-corrected chi connectivity index (χ2v) is 4.62. The standard InChI is InChI=1S/C15H13FN4O2/c1-20-15(11(8-17)9-18-20)19-14(22)7-6-13(21)10-2-4-12(16)5-3-10/h2-5,9H,6-7H2,1H3,(H,19,22). The average molecular weight is 300 g/mol. The molecule has 0 atom stereocenters. The Morgan fingerprint density at radius 3 is 2.64 bits per heavy atom. The van der Waals surface area contributed by atoms with E-state index >= 15 is 0 Å². The van der Waals surface area contributed by atoms with Gasteiger partial charge in [0.2, 0.25) is 5.91 Å². The first kappa shape index (κ1) is 15.4. The number of carbonyl (C=O) groups is 2. The van der Waals surface area contributed by atoms with E-state index in [-0.39, 0.29) is 24.2 Å². The van der Waals surface area contributed by atoms with Crippen LogP contribution in [0.3, 0.4) is 0 Å². The lowest BCUT2D eigenvalue weighted by Crippen LogP contribution is -2.16. The zero-order valence-corrected chi connectivity index (χ0v) is 11.8. The smallest absolute Gasteiger partial charge is 0.226 e. The quantitative estimate of drug-likeness (QED) is 0.856. The Labute approximate surface area is 126 Å². The van der Waals surface area contributed by atoms with E-state index in [1.165, 1.54) is 35.1 Å². The van der Waals surface area contributed by atoms with E-state index in [1.54, 1.807) is 7.05 Å². The fourth-order valence-corrected chi connectivity index (χ4v) is 1.87. The number of amides is 1. The van der Waals surface area contributed by atoms with Crippen molar-refractivity contribution in [3.8, 4) is 6.07 Å². The number of Topliss-reactive ketones (excluding diaryl/α,β-unsaturated/α-hetero) is 1. The number of carbonyl (C=O) groups excluding carboxylic acids is 2. The molecule has 1 N–H and O–H groups in total. The SMILES string of the molecule is Cn1ncc(C#N)c1NC(=O)CCC(=O)c1ccc(F)cc1. The maximum Gasteiger partial charge on any atom is 0.226 e. The Kier molecular flexibility index (Phi) is 4.63. The molecule has 22 heavy (non-hydrogen) atoms. The molecule has 6 nitrogen and oxygen atoms in total. The molecule has 0 radical (unpaired) electrons. The van der Waals surface area contributed by atoms with E-state index in [9.17, 15) is 14.0 Å². The third-order valence-corrected chi connectivity index (χ3v) is 3.06. The van der Waals surface area contributed by atoms with Crippen LogP contribution in [0.15, 0.2) is 30.5 Å². The van der Waals surface area contributed by atoms with Gasteiger partial charge in [0.1, 0.15) is 23.3 Å². The molecule has 0 bridgehead atoms. The van der Waals surface area contributed by atoms with Crippen LogP contribution >= 0.6 is 0 Å². The lowest BCUT2D eigenvalue weighted by molar-refractivity contribution is -0.116. The number of ketones is 1. The Bertz CT molecular complexity index is 744. The molecule has 2 rings (SSSR count). The molecule has 1 heterocycles. The maximum absolute atomic E-state index is 12.8. The van der Waals surface area contributed by atoms with Gasteiger partial charge in [0.25, 0.3) is 0 Å². The Morgan fingerprint density at radius 1 is 1.32 bits per heavy atom. The van der Waals surface area contributed by atoms with E-state index in [2.05, 4.69) is 10.4 Å². The number of hydrogen-bond donors (Lipinski definition) is 1. The first-order valence-electron chi connectivity index (χ1n) is 6.52. The van der Waals surface area contributed by atoms with Crippen molar-refractivity contribution in [3.05, 3.63) is 47.4 Å². The summed E-state index contributed by atoms with van der Waals surface area (Å²) in [5.74, 6) is -0.771. The molecule has 1 aromatic carbocycles. The molecule has 0 aliphatic carbocycles. The summed E-state index contributed by atoms with van der Waals surface area (Å²) in [4.78, 5) is 23.7. The van der Waals surface area contributed by atoms with Crippen LogP contribution in [-0.2, 0) is 11.8 Å². The highest BCUT2D eigenvalue weighted by Crippen LogP contribution is 2.13. The highest BCUT2D eigenvalue weighted by molar-refractivity contribution is 6.00. The van der Waals surface area contributed by atoms with E-state index in [0.717, 1.165) is 0 Å². The summed E-state index contributed by atoms with van der Waals surface area (Å²) < 4.78 is 14.1. The molecular weight excluding hydrogens is 287 g/mol. The minimum atomic E-state index is -0.422. The third-order valence-electron chi connectivity index (χ3n) is 3.06. The number of halogens is 1. The topological polar surface area (TPSA) is 87.8 Å². The molecule has 0 aliphatic rings. The van der Waals surface area contributed by atoms with Gasteiger partial charge in [-0.05, 0) is 24.3 Å². The van der Waals surface area contributed by atoms with Gasteiger partial charge in [0.05, 0.1) is 6.20 Å². The first-order chi connectivity index (χ1) is 10.5. The molecule has 0 aliphatic heterocycles. The summed E-state index contributed by atoms with van der Waals surface area (Å²) in [5, 5.41) is 15.3. The number of nitriles is 1. The van der Waals surface area contributed by atoms with Gasteiger partial charge in [-0.25, -0.2) is 4.39 Å². The van der Waals surface area contributed by atoms with Crippen LogP contribution in [0.4, 0.5) is 10.2 Å². The van der Waals surface area contributed by atoms with Gasteiger partial charge in [-0.1, -0.05) is 0 Å². The second kappa shape index (κ2) is 6.63. The molecule has 0 saturated carbocycles. The van der Waals surface area contributed by atoms with E-state index in [0.29, 0.717) is 11.4 Å². The summed E-state index contributed by atoms with van der Waals surface area (Å²) >= 11 is 0. The van der Waals surface area contributed by atoms with Crippen molar-refractivity contribution in [2.75, 3.05) is 5.32 Å². The number of hydrogen-bond acceptors (Lipinski definition) is 4. The van der Waals surface area contributed by atoms with Gasteiger partial charge in [-0.15, -0.1) is 0 Å². The van der Waals surface area contributed by atoms with Gasteiger partial charge in [-0.2, -0.15) is 10.4 Å². The fraction of sp³-hybridized carbons (Fsp3) is 0.200. The molecule has 112 valence electrons. The van der Waals surface area contributed by atoms with Crippen LogP contribution in [-0.4, -0.2) is 21.5 Å². The van der Waals surface area contributed by atoms with Gasteiger partial charge in [-0.3, -0.25) is 14.3 Å². The second-order valence-electron chi connectivity index (χ2n) is 4.62. The van der Waals surface area contributed by atoms with Crippen molar-refractivity contribution < 1.29 is 14.0 Å². The predicted molar refractivity (Wildman–Crippen MR) is 76.5 cm³/mol. The van der Waals surface area contributed by atoms with E-state index in [4.69, 9.17) is 5.26 Å². The van der Waals surface area contributed by atoms with Crippen LogP contribution in [0.5, 0.6) is 0 Å². The van der Waals surface area contributed by atoms with Crippen molar-refractivity contribution >= 4 is 17.5 Å². The first-order valence-corrected chi connectivity index (χ1v) is 6.52. The molecule has 0 saturated heterocycles. The minimum absolute atomic E-state index is 0.00277. The van der Waals surface area contributed by atoms with Crippen molar-refractivity contribution in [1.82, 2.24) is 9.78 Å². The minimum Gasteiger partial charge on any atom is -0.310 e. The normalized spacial score (nSPS) is 10.0. The van der Waals surface area contributed by atoms with Crippen molar-refractivity contribution in [3.63, 3.8) is 0 Å². The van der Waals surface area contributed by atoms with E-state index in [1.807, 2.05) is 6.07 Å². The summed E-state index contributed by atoms with van der Waals surface area (Å²) in [7, 11) is 1.60. The van der Waals surface area contributed by atoms with Crippen molar-refractivity contribution in [2.24, 2.45) is 7.05 Å². The van der Waals surface area contributed by atoms with E-state index < -0.39 is 11.7 Å². The molecule has 0 fully saturated rings. The molecule has 2 aromatic rings. The van der Waals surface area contributed by atoms with Crippen LogP contribution in [0.1, 0.15) is 28.8 Å². The number of aryl methyl sites for hydroxylation is 1. The highest BCUT2D eigenvalue weighted by Gasteiger charge is 2.13. The Balaban J connectivity index is 1.93. The number of rotatable bonds is 5. The number of nitrogens with one attached hydrogen (secondary N) is 1. The summed E-state index contributed by atoms with van der Waals surface area (Å²) in [6.07, 6.45) is 1.31. The molecule has 1 aromatic heterocycles. The van der Waals surface area contributed by atoms with Gasteiger partial charge >= 0.3 is 0 Å². The fourth-order valence-electron chi connectivity index (χ4n) is 1.87. The highest BCUT2D eigenvalue weighted by atomic mass is 19.1. The molecular formula is C15H13FN4O2. The molecule has 0 unspecified atom stereocenters. The Morgan fingerprint density at radius 2 is 2.00 bits per heavy atom. The largest absolute Gasteiger partial charge is 0.310 e. The van der Waals surface area contributed by atoms with Crippen LogP contribution < -0.4 is 5.32 Å². The van der Waals surface area contributed by atoms with Crippen LogP contribution in [0.2, 0.25) is 0 Å². The molecule has 1 amide bonds. The van der Waals surface area contributed by atoms with Gasteiger partial charge in [0, 0.05) is 25.5 Å². The lowest BCUT2D eigenvalue weighted by atomic mass is 10.1. The predicted octanol–water partition coefficient (Wildman–Crippen LogP) is 2.03. The maximum atomic E-state index is 12.8. The monoisotopic (exact) mass is 300 g/mol. The third kappa shape index (κ3) is 3.55. The average Bonchev–Trinajstić information content (AvgIpc) is 2.86. The van der Waals surface area contributed by atoms with Crippen LogP contribution in [0, 0.1) is 17.1 Å². The number of anilines is 1. The zero-order valence-electron chi connectivity index (χ0n) is 11.8. The van der Waals surface area contributed by atoms with Crippen LogP contribution in [0.25, 0.3) is 0 Å². The van der Waals surface area contributed by atoms with Gasteiger partial charge in [0.15, 0.2) is 5.78 Å². The summed E-state index contributed by atoms with van der Waals surface area (Å²) in [6, 6.07) is 7.07. The Hall–Kier alpha value is -3.01. The van der Waals surface area contributed by atoms with Gasteiger partial charge < -0.3 is 5.32 Å².